The Morgan fingerprint density at radius 2 is 1.87 bits per heavy atom. The van der Waals surface area contributed by atoms with Gasteiger partial charge >= 0.3 is 5.97 Å². The van der Waals surface area contributed by atoms with Crippen LogP contribution in [-0.2, 0) is 14.3 Å². The first-order valence-electron chi connectivity index (χ1n) is 4.54. The molecule has 0 aliphatic carbocycles. The number of ether oxygens (including phenoxy) is 1. The van der Waals surface area contributed by atoms with Crippen LogP contribution in [0.1, 0.15) is 27.2 Å². The van der Waals surface area contributed by atoms with Crippen molar-refractivity contribution in [3.8, 4) is 0 Å². The van der Waals surface area contributed by atoms with Crippen molar-refractivity contribution < 1.29 is 19.4 Å². The number of aliphatic hydroxyl groups excluding tert-OH is 1. The molecule has 0 bridgehead atoms. The van der Waals surface area contributed by atoms with E-state index < -0.39 is 11.8 Å². The summed E-state index contributed by atoms with van der Waals surface area (Å²) in [5, 5.41) is 16.6. The zero-order valence-electron chi connectivity index (χ0n) is 9.09. The van der Waals surface area contributed by atoms with Crippen molar-refractivity contribution in [2.75, 3.05) is 6.61 Å². The molecule has 0 unspecified atom stereocenters. The number of allylic oxidation sites excluding steroid dienone is 2. The Labute approximate surface area is 88.3 Å². The third kappa shape index (κ3) is 4.39. The van der Waals surface area contributed by atoms with Gasteiger partial charge in [0.15, 0.2) is 5.78 Å². The highest BCUT2D eigenvalue weighted by Crippen LogP contribution is 2.08. The molecule has 0 aromatic rings. The molecule has 0 saturated carbocycles. The van der Waals surface area contributed by atoms with Crippen LogP contribution in [0, 0.1) is 5.41 Å². The molecule has 0 amide bonds. The number of carbonyl (C=O) groups excluding carboxylic acids is 2. The second-order valence-electron chi connectivity index (χ2n) is 2.98. The zero-order chi connectivity index (χ0) is 12.0. The first-order valence-corrected chi connectivity index (χ1v) is 4.54. The van der Waals surface area contributed by atoms with Gasteiger partial charge in [0.1, 0.15) is 5.76 Å². The second-order valence-corrected chi connectivity index (χ2v) is 2.98. The van der Waals surface area contributed by atoms with Crippen molar-refractivity contribution in [2.45, 2.75) is 27.2 Å². The number of Topliss-reactive ketones (excluding diaryl/α,β-unsaturated/α-hetero) is 1. The summed E-state index contributed by atoms with van der Waals surface area (Å²) in [6.45, 7) is 4.41. The molecule has 0 atom stereocenters. The van der Waals surface area contributed by atoms with Crippen molar-refractivity contribution in [3.63, 3.8) is 0 Å². The molecule has 0 heterocycles. The number of ketones is 1. The van der Waals surface area contributed by atoms with E-state index in [0.717, 1.165) is 0 Å². The van der Waals surface area contributed by atoms with Crippen LogP contribution in [0.2, 0.25) is 0 Å². The molecule has 5 heteroatoms. The number of aliphatic hydroxyl groups is 1. The fourth-order valence-corrected chi connectivity index (χ4v) is 1.13. The molecule has 0 aromatic heterocycles. The number of hydrogen-bond donors (Lipinski definition) is 2. The van der Waals surface area contributed by atoms with Crippen LogP contribution in [0.25, 0.3) is 0 Å². The van der Waals surface area contributed by atoms with Crippen LogP contribution < -0.4 is 0 Å². The summed E-state index contributed by atoms with van der Waals surface area (Å²) in [4.78, 5) is 22.1. The molecule has 2 N–H and O–H groups in total. The topological polar surface area (TPSA) is 87.5 Å². The van der Waals surface area contributed by atoms with Crippen LogP contribution in [0.3, 0.4) is 0 Å². The summed E-state index contributed by atoms with van der Waals surface area (Å²) in [7, 11) is 0. The Kier molecular flexibility index (Phi) is 5.30. The van der Waals surface area contributed by atoms with Gasteiger partial charge < -0.3 is 15.3 Å². The van der Waals surface area contributed by atoms with Crippen LogP contribution in [-0.4, -0.2) is 29.2 Å². The molecular weight excluding hydrogens is 198 g/mol. The number of rotatable bonds is 5. The fraction of sp³-hybridized carbons (Fsp3) is 0.500. The summed E-state index contributed by atoms with van der Waals surface area (Å²) < 4.78 is 4.63. The smallest absolute Gasteiger partial charge is 0.311 e. The molecule has 5 nitrogen and oxygen atoms in total. The first-order chi connectivity index (χ1) is 6.90. The zero-order valence-corrected chi connectivity index (χ0v) is 9.09. The maximum absolute atomic E-state index is 11.1. The Hall–Kier alpha value is -1.65. The molecule has 0 aliphatic heterocycles. The monoisotopic (exact) mass is 213 g/mol. The van der Waals surface area contributed by atoms with Gasteiger partial charge in [-0.1, -0.05) is 0 Å². The lowest BCUT2D eigenvalue weighted by atomic mass is 10.0. The predicted molar refractivity (Wildman–Crippen MR) is 55.0 cm³/mol. The van der Waals surface area contributed by atoms with Gasteiger partial charge in [-0.2, -0.15) is 0 Å². The minimum Gasteiger partial charge on any atom is -0.512 e. The molecule has 0 spiro atoms. The average molecular weight is 213 g/mol. The number of hydrogen-bond acceptors (Lipinski definition) is 5. The SMILES string of the molecule is CCOC(=O)CC(=N)/C(C(C)=O)=C(/C)O. The molecule has 0 fully saturated rings. The van der Waals surface area contributed by atoms with E-state index in [1.165, 1.54) is 13.8 Å². The normalized spacial score (nSPS) is 11.7. The van der Waals surface area contributed by atoms with E-state index in [-0.39, 0.29) is 30.1 Å². The second kappa shape index (κ2) is 5.95. The van der Waals surface area contributed by atoms with Crippen molar-refractivity contribution in [2.24, 2.45) is 0 Å². The third-order valence-electron chi connectivity index (χ3n) is 1.64. The average Bonchev–Trinajstić information content (AvgIpc) is 2.01. The highest BCUT2D eigenvalue weighted by molar-refractivity contribution is 6.24. The van der Waals surface area contributed by atoms with Gasteiger partial charge in [-0.3, -0.25) is 9.59 Å². The van der Waals surface area contributed by atoms with E-state index >= 15 is 0 Å². The predicted octanol–water partition coefficient (Wildman–Crippen LogP) is 1.38. The molecule has 0 saturated heterocycles. The van der Waals surface area contributed by atoms with Gasteiger partial charge in [-0.05, 0) is 20.8 Å². The summed E-state index contributed by atoms with van der Waals surface area (Å²) in [5.74, 6) is -1.27. The number of carbonyl (C=O) groups is 2. The molecule has 0 radical (unpaired) electrons. The Morgan fingerprint density at radius 3 is 2.20 bits per heavy atom. The minimum absolute atomic E-state index is 0.122. The molecule has 84 valence electrons. The Balaban J connectivity index is 4.64. The van der Waals surface area contributed by atoms with E-state index in [1.807, 2.05) is 0 Å². The number of esters is 1. The van der Waals surface area contributed by atoms with Gasteiger partial charge in [0.05, 0.1) is 24.3 Å². The van der Waals surface area contributed by atoms with Gasteiger partial charge in [0.2, 0.25) is 0 Å². The maximum Gasteiger partial charge on any atom is 0.311 e. The molecular formula is C10H15NO4. The summed E-state index contributed by atoms with van der Waals surface area (Å²) in [6.07, 6.45) is -0.305. The lowest BCUT2D eigenvalue weighted by Crippen LogP contribution is -2.17. The summed E-state index contributed by atoms with van der Waals surface area (Å²) in [6, 6.07) is 0. The third-order valence-corrected chi connectivity index (χ3v) is 1.64. The van der Waals surface area contributed by atoms with Gasteiger partial charge in [0.25, 0.3) is 0 Å². The van der Waals surface area contributed by atoms with E-state index in [4.69, 9.17) is 10.5 Å². The maximum atomic E-state index is 11.1. The molecule has 0 rings (SSSR count). The summed E-state index contributed by atoms with van der Waals surface area (Å²) >= 11 is 0. The van der Waals surface area contributed by atoms with Crippen molar-refractivity contribution >= 4 is 17.5 Å². The highest BCUT2D eigenvalue weighted by Gasteiger charge is 2.17. The van der Waals surface area contributed by atoms with Crippen LogP contribution >= 0.6 is 0 Å². The van der Waals surface area contributed by atoms with Gasteiger partial charge in [-0.15, -0.1) is 0 Å². The molecule has 0 aliphatic rings. The van der Waals surface area contributed by atoms with Crippen LogP contribution in [0.15, 0.2) is 11.3 Å². The molecule has 15 heavy (non-hydrogen) atoms. The van der Waals surface area contributed by atoms with Crippen LogP contribution in [0.4, 0.5) is 0 Å². The van der Waals surface area contributed by atoms with Crippen LogP contribution in [0.5, 0.6) is 0 Å². The van der Waals surface area contributed by atoms with Gasteiger partial charge in [0, 0.05) is 0 Å². The van der Waals surface area contributed by atoms with E-state index in [0.29, 0.717) is 0 Å². The largest absolute Gasteiger partial charge is 0.512 e. The number of nitrogens with one attached hydrogen (secondary N) is 1. The Morgan fingerprint density at radius 1 is 1.33 bits per heavy atom. The molecule has 0 aromatic carbocycles. The first kappa shape index (κ1) is 13.4. The van der Waals surface area contributed by atoms with Crippen molar-refractivity contribution in [1.29, 1.82) is 5.41 Å². The lowest BCUT2D eigenvalue weighted by Gasteiger charge is -2.06. The van der Waals surface area contributed by atoms with E-state index in [9.17, 15) is 9.59 Å². The van der Waals surface area contributed by atoms with Crippen molar-refractivity contribution in [1.82, 2.24) is 0 Å². The standard InChI is InChI=1S/C10H15NO4/c1-4-15-9(14)5-8(11)10(6(2)12)7(3)13/h11-12H,4-5H2,1-3H3/b10-6-,11-8?. The fourth-order valence-electron chi connectivity index (χ4n) is 1.13. The van der Waals surface area contributed by atoms with Gasteiger partial charge in [-0.25, -0.2) is 0 Å². The lowest BCUT2D eigenvalue weighted by molar-refractivity contribution is -0.141. The van der Waals surface area contributed by atoms with E-state index in [1.54, 1.807) is 6.92 Å². The quantitative estimate of drug-likeness (QED) is 0.312. The minimum atomic E-state index is -0.581. The summed E-state index contributed by atoms with van der Waals surface area (Å²) in [5.41, 5.74) is -0.344. The highest BCUT2D eigenvalue weighted by atomic mass is 16.5. The Bertz CT molecular complexity index is 313. The van der Waals surface area contributed by atoms with Crippen molar-refractivity contribution in [3.05, 3.63) is 11.3 Å². The van der Waals surface area contributed by atoms with E-state index in [2.05, 4.69) is 4.74 Å².